The van der Waals surface area contributed by atoms with Crippen LogP contribution in [-0.4, -0.2) is 24.0 Å². The van der Waals surface area contributed by atoms with Gasteiger partial charge in [-0.15, -0.1) is 0 Å². The molecule has 3 unspecified atom stereocenters. The van der Waals surface area contributed by atoms with Gasteiger partial charge in [-0.2, -0.15) is 0 Å². The summed E-state index contributed by atoms with van der Waals surface area (Å²) in [4.78, 5) is 2.63. The van der Waals surface area contributed by atoms with E-state index in [9.17, 15) is 0 Å². The molecule has 0 radical (unpaired) electrons. The van der Waals surface area contributed by atoms with Crippen LogP contribution in [0.3, 0.4) is 0 Å². The highest BCUT2D eigenvalue weighted by atomic mass is 15.2. The Bertz CT molecular complexity index is 167. The maximum absolute atomic E-state index is 2.63. The standard InChI is InChI=1S/C12H23N/c1-10-9-11-7-5-3-4-6-8-12(11)13(10)2/h10-12H,3-9H2,1-2H3. The molecule has 0 aromatic heterocycles. The molecule has 2 fully saturated rings. The minimum absolute atomic E-state index is 0.841. The number of nitrogens with zero attached hydrogens (tertiary/aromatic N) is 1. The van der Waals surface area contributed by atoms with Gasteiger partial charge in [-0.05, 0) is 39.2 Å². The first-order valence-corrected chi connectivity index (χ1v) is 6.01. The lowest BCUT2D eigenvalue weighted by Crippen LogP contribution is -2.33. The molecule has 1 heterocycles. The zero-order chi connectivity index (χ0) is 9.26. The van der Waals surface area contributed by atoms with Crippen molar-refractivity contribution in [3.63, 3.8) is 0 Å². The fourth-order valence-electron chi connectivity index (χ4n) is 3.28. The molecule has 1 nitrogen and oxygen atoms in total. The molecule has 0 amide bonds. The Hall–Kier alpha value is -0.0400. The number of hydrogen-bond donors (Lipinski definition) is 0. The molecule has 1 aliphatic carbocycles. The lowest BCUT2D eigenvalue weighted by molar-refractivity contribution is 0.205. The molecule has 2 rings (SSSR count). The summed E-state index contributed by atoms with van der Waals surface area (Å²) in [6.07, 6.45) is 10.3. The predicted molar refractivity (Wildman–Crippen MR) is 56.8 cm³/mol. The van der Waals surface area contributed by atoms with Gasteiger partial charge in [0.2, 0.25) is 0 Å². The molecule has 0 aromatic carbocycles. The third-order valence-electron chi connectivity index (χ3n) is 4.23. The van der Waals surface area contributed by atoms with Gasteiger partial charge in [0.25, 0.3) is 0 Å². The molecule has 0 aromatic rings. The summed E-state index contributed by atoms with van der Waals surface area (Å²) >= 11 is 0. The van der Waals surface area contributed by atoms with E-state index in [1.54, 1.807) is 0 Å². The van der Waals surface area contributed by atoms with E-state index in [0.29, 0.717) is 0 Å². The van der Waals surface area contributed by atoms with Gasteiger partial charge in [-0.25, -0.2) is 0 Å². The van der Waals surface area contributed by atoms with Gasteiger partial charge in [-0.1, -0.05) is 25.7 Å². The van der Waals surface area contributed by atoms with E-state index in [2.05, 4.69) is 18.9 Å². The van der Waals surface area contributed by atoms with Crippen molar-refractivity contribution in [1.82, 2.24) is 4.90 Å². The Labute approximate surface area is 82.5 Å². The van der Waals surface area contributed by atoms with E-state index in [1.165, 1.54) is 44.9 Å². The van der Waals surface area contributed by atoms with E-state index in [-0.39, 0.29) is 0 Å². The third kappa shape index (κ3) is 1.90. The van der Waals surface area contributed by atoms with Crippen LogP contribution in [0.25, 0.3) is 0 Å². The van der Waals surface area contributed by atoms with Crippen molar-refractivity contribution in [3.05, 3.63) is 0 Å². The molecule has 2 aliphatic rings. The lowest BCUT2D eigenvalue weighted by Gasteiger charge is -2.28. The van der Waals surface area contributed by atoms with Crippen LogP contribution in [0.5, 0.6) is 0 Å². The smallest absolute Gasteiger partial charge is 0.0124 e. The maximum atomic E-state index is 2.63. The summed E-state index contributed by atoms with van der Waals surface area (Å²) < 4.78 is 0. The van der Waals surface area contributed by atoms with Gasteiger partial charge in [0.15, 0.2) is 0 Å². The largest absolute Gasteiger partial charge is 0.300 e. The monoisotopic (exact) mass is 181 g/mol. The zero-order valence-electron chi connectivity index (χ0n) is 9.13. The molecule has 3 atom stereocenters. The van der Waals surface area contributed by atoms with Crippen LogP contribution in [0.1, 0.15) is 51.9 Å². The fraction of sp³-hybridized carbons (Fsp3) is 1.00. The fourth-order valence-corrected chi connectivity index (χ4v) is 3.28. The van der Waals surface area contributed by atoms with Crippen LogP contribution in [0.4, 0.5) is 0 Å². The van der Waals surface area contributed by atoms with Gasteiger partial charge in [0, 0.05) is 12.1 Å². The lowest BCUT2D eigenvalue weighted by atomic mass is 9.87. The Morgan fingerprint density at radius 3 is 2.46 bits per heavy atom. The minimum Gasteiger partial charge on any atom is -0.300 e. The van der Waals surface area contributed by atoms with Crippen LogP contribution >= 0.6 is 0 Å². The molecule has 0 bridgehead atoms. The Morgan fingerprint density at radius 1 is 1.00 bits per heavy atom. The van der Waals surface area contributed by atoms with Crippen molar-refractivity contribution in [2.24, 2.45) is 5.92 Å². The van der Waals surface area contributed by atoms with Gasteiger partial charge in [0.1, 0.15) is 0 Å². The molecule has 1 heteroatoms. The van der Waals surface area contributed by atoms with E-state index < -0.39 is 0 Å². The SMILES string of the molecule is CC1CC2CCCCCCC2N1C. The zero-order valence-corrected chi connectivity index (χ0v) is 9.13. The second kappa shape index (κ2) is 4.00. The number of rotatable bonds is 0. The summed E-state index contributed by atoms with van der Waals surface area (Å²) in [6, 6.07) is 1.77. The van der Waals surface area contributed by atoms with E-state index in [1.807, 2.05) is 0 Å². The molecule has 1 saturated heterocycles. The van der Waals surface area contributed by atoms with Crippen LogP contribution in [0, 0.1) is 5.92 Å². The van der Waals surface area contributed by atoms with Gasteiger partial charge in [-0.3, -0.25) is 0 Å². The number of likely N-dealkylation sites (tertiary alicyclic amines) is 1. The summed E-state index contributed by atoms with van der Waals surface area (Å²) in [5.41, 5.74) is 0. The second-order valence-corrected chi connectivity index (χ2v) is 5.07. The Balaban J connectivity index is 2.00. The van der Waals surface area contributed by atoms with Gasteiger partial charge in [0.05, 0.1) is 0 Å². The Morgan fingerprint density at radius 2 is 1.69 bits per heavy atom. The van der Waals surface area contributed by atoms with Gasteiger partial charge < -0.3 is 4.90 Å². The van der Waals surface area contributed by atoms with Gasteiger partial charge >= 0.3 is 0 Å². The summed E-state index contributed by atoms with van der Waals surface area (Å²) in [5.74, 6) is 1.03. The minimum atomic E-state index is 0.841. The average molecular weight is 181 g/mol. The molecule has 13 heavy (non-hydrogen) atoms. The molecule has 0 spiro atoms. The van der Waals surface area contributed by atoms with Crippen molar-refractivity contribution < 1.29 is 0 Å². The van der Waals surface area contributed by atoms with E-state index in [0.717, 1.165) is 18.0 Å². The van der Waals surface area contributed by atoms with Crippen LogP contribution < -0.4 is 0 Å². The maximum Gasteiger partial charge on any atom is 0.0124 e. The summed E-state index contributed by atoms with van der Waals surface area (Å²) in [5, 5.41) is 0. The molecular formula is C12H23N. The van der Waals surface area contributed by atoms with Crippen molar-refractivity contribution in [2.45, 2.75) is 64.0 Å². The third-order valence-corrected chi connectivity index (χ3v) is 4.23. The first kappa shape index (κ1) is 9.51. The van der Waals surface area contributed by atoms with E-state index in [4.69, 9.17) is 0 Å². The molecule has 1 saturated carbocycles. The molecule has 0 N–H and O–H groups in total. The van der Waals surface area contributed by atoms with Crippen molar-refractivity contribution >= 4 is 0 Å². The average Bonchev–Trinajstić information content (AvgIpc) is 2.31. The predicted octanol–water partition coefficient (Wildman–Crippen LogP) is 3.05. The summed E-state index contributed by atoms with van der Waals surface area (Å²) in [6.45, 7) is 2.39. The molecule has 1 aliphatic heterocycles. The first-order valence-electron chi connectivity index (χ1n) is 6.01. The topological polar surface area (TPSA) is 3.24 Å². The summed E-state index contributed by atoms with van der Waals surface area (Å²) in [7, 11) is 2.33. The number of hydrogen-bond acceptors (Lipinski definition) is 1. The van der Waals surface area contributed by atoms with Crippen molar-refractivity contribution in [3.8, 4) is 0 Å². The first-order chi connectivity index (χ1) is 6.29. The van der Waals surface area contributed by atoms with Crippen LogP contribution in [0.15, 0.2) is 0 Å². The highest BCUT2D eigenvalue weighted by molar-refractivity contribution is 4.90. The number of fused-ring (bicyclic) bond motifs is 1. The molecular weight excluding hydrogens is 158 g/mol. The second-order valence-electron chi connectivity index (χ2n) is 5.07. The van der Waals surface area contributed by atoms with Crippen molar-refractivity contribution in [2.75, 3.05) is 7.05 Å². The molecule has 76 valence electrons. The van der Waals surface area contributed by atoms with Crippen molar-refractivity contribution in [1.29, 1.82) is 0 Å². The van der Waals surface area contributed by atoms with Crippen LogP contribution in [0.2, 0.25) is 0 Å². The highest BCUT2D eigenvalue weighted by Gasteiger charge is 2.35. The van der Waals surface area contributed by atoms with E-state index >= 15 is 0 Å². The normalized spacial score (nSPS) is 42.5. The van der Waals surface area contributed by atoms with Crippen LogP contribution in [-0.2, 0) is 0 Å². The highest BCUT2D eigenvalue weighted by Crippen LogP contribution is 2.36. The Kier molecular flexibility index (Phi) is 2.92. The quantitative estimate of drug-likeness (QED) is 0.555.